The van der Waals surface area contributed by atoms with Crippen LogP contribution in [0.5, 0.6) is 5.75 Å². The molecule has 0 aliphatic rings. The first-order valence-corrected chi connectivity index (χ1v) is 8.72. The summed E-state index contributed by atoms with van der Waals surface area (Å²) >= 11 is 0. The SMILES string of the molecule is Cn1c(=O)c2[nH]cnc2n(C)c1=O.O=C(O)c1cc(-c2ccc(F)cc2F)ccc1O. The number of nitrogens with zero attached hydrogens (tertiary/aromatic N) is 3. The van der Waals surface area contributed by atoms with Gasteiger partial charge in [0, 0.05) is 25.7 Å². The Balaban J connectivity index is 0.000000185. The molecule has 0 bridgehead atoms. The first-order chi connectivity index (χ1) is 14.6. The van der Waals surface area contributed by atoms with Gasteiger partial charge in [0.2, 0.25) is 0 Å². The van der Waals surface area contributed by atoms with E-state index in [1.54, 1.807) is 7.05 Å². The minimum absolute atomic E-state index is 0.0684. The fraction of sp³-hybridized carbons (Fsp3) is 0.100. The molecule has 4 aromatic rings. The van der Waals surface area contributed by atoms with Crippen LogP contribution in [0.15, 0.2) is 52.3 Å². The van der Waals surface area contributed by atoms with E-state index < -0.39 is 23.4 Å². The lowest BCUT2D eigenvalue weighted by atomic mass is 10.0. The standard InChI is InChI=1S/C13H8F2O3.C7H8N4O2/c14-8-2-3-9(11(15)6-8)7-1-4-12(16)10(5-7)13(17)18;1-10-5-4(8-3-9-5)6(12)11(2)7(10)13/h1-6,16H,(H,17,18);3H,1-2H3,(H,8,9). The number of hydrogen-bond donors (Lipinski definition) is 3. The molecule has 3 N–H and O–H groups in total. The number of rotatable bonds is 2. The zero-order valence-electron chi connectivity index (χ0n) is 16.3. The molecule has 0 radical (unpaired) electrons. The van der Waals surface area contributed by atoms with Gasteiger partial charge in [0.25, 0.3) is 5.56 Å². The van der Waals surface area contributed by atoms with Crippen molar-refractivity contribution in [3.05, 3.63) is 80.8 Å². The molecule has 0 fully saturated rings. The van der Waals surface area contributed by atoms with Crippen LogP contribution in [0.3, 0.4) is 0 Å². The van der Waals surface area contributed by atoms with Crippen LogP contribution in [0, 0.1) is 11.6 Å². The van der Waals surface area contributed by atoms with Gasteiger partial charge in [-0.25, -0.2) is 23.4 Å². The summed E-state index contributed by atoms with van der Waals surface area (Å²) in [7, 11) is 3.01. The Morgan fingerprint density at radius 2 is 1.77 bits per heavy atom. The zero-order valence-corrected chi connectivity index (χ0v) is 16.3. The van der Waals surface area contributed by atoms with Crippen molar-refractivity contribution in [3.63, 3.8) is 0 Å². The highest BCUT2D eigenvalue weighted by molar-refractivity contribution is 5.92. The van der Waals surface area contributed by atoms with Crippen LogP contribution in [-0.2, 0) is 14.1 Å². The molecule has 2 aromatic carbocycles. The molecule has 0 spiro atoms. The second kappa shape index (κ2) is 8.22. The monoisotopic (exact) mass is 430 g/mol. The van der Waals surface area contributed by atoms with Crippen molar-refractivity contribution in [2.24, 2.45) is 14.1 Å². The molecule has 0 saturated carbocycles. The van der Waals surface area contributed by atoms with E-state index in [9.17, 15) is 28.3 Å². The Kier molecular flexibility index (Phi) is 5.68. The Bertz CT molecular complexity index is 1420. The highest BCUT2D eigenvalue weighted by Gasteiger charge is 2.13. The van der Waals surface area contributed by atoms with E-state index in [1.807, 2.05) is 0 Å². The van der Waals surface area contributed by atoms with Gasteiger partial charge in [0.05, 0.1) is 6.33 Å². The Morgan fingerprint density at radius 1 is 1.06 bits per heavy atom. The van der Waals surface area contributed by atoms with E-state index in [-0.39, 0.29) is 27.9 Å². The number of aromatic hydroxyl groups is 1. The fourth-order valence-electron chi connectivity index (χ4n) is 2.87. The molecule has 0 saturated heterocycles. The molecule has 0 aliphatic heterocycles. The number of aromatic carboxylic acids is 1. The van der Waals surface area contributed by atoms with Gasteiger partial charge in [-0.15, -0.1) is 0 Å². The molecule has 2 aromatic heterocycles. The number of phenols is 1. The van der Waals surface area contributed by atoms with Crippen molar-refractivity contribution >= 4 is 17.1 Å². The largest absolute Gasteiger partial charge is 0.507 e. The topological polar surface area (TPSA) is 130 Å². The molecule has 4 rings (SSSR count). The van der Waals surface area contributed by atoms with Crippen LogP contribution in [0.2, 0.25) is 0 Å². The number of halogens is 2. The van der Waals surface area contributed by atoms with Gasteiger partial charge in [-0.1, -0.05) is 6.07 Å². The van der Waals surface area contributed by atoms with Crippen LogP contribution >= 0.6 is 0 Å². The van der Waals surface area contributed by atoms with Crippen molar-refractivity contribution in [1.82, 2.24) is 19.1 Å². The Morgan fingerprint density at radius 3 is 2.42 bits per heavy atom. The number of carbonyl (C=O) groups is 1. The number of aromatic amines is 1. The van der Waals surface area contributed by atoms with Crippen LogP contribution < -0.4 is 11.2 Å². The second-order valence-electron chi connectivity index (χ2n) is 6.47. The number of nitrogens with one attached hydrogen (secondary N) is 1. The number of aryl methyl sites for hydroxylation is 1. The summed E-state index contributed by atoms with van der Waals surface area (Å²) < 4.78 is 28.6. The molecule has 0 atom stereocenters. The predicted octanol–water partition coefficient (Wildman–Crippen LogP) is 2.00. The molecule has 31 heavy (non-hydrogen) atoms. The summed E-state index contributed by atoms with van der Waals surface area (Å²) in [5.74, 6) is -3.24. The van der Waals surface area contributed by atoms with E-state index in [1.165, 1.54) is 30.1 Å². The maximum absolute atomic E-state index is 13.5. The van der Waals surface area contributed by atoms with Gasteiger partial charge in [-0.05, 0) is 29.8 Å². The highest BCUT2D eigenvalue weighted by Crippen LogP contribution is 2.28. The molecule has 2 heterocycles. The third-order valence-corrected chi connectivity index (χ3v) is 4.50. The average molecular weight is 430 g/mol. The quantitative estimate of drug-likeness (QED) is 0.446. The molecule has 0 aliphatic carbocycles. The maximum atomic E-state index is 13.5. The Hall–Kier alpha value is -4.28. The number of carboxylic acids is 1. The first kappa shape index (κ1) is 21.4. The molecule has 0 unspecified atom stereocenters. The van der Waals surface area contributed by atoms with Crippen LogP contribution in [0.25, 0.3) is 22.3 Å². The normalized spacial score (nSPS) is 10.6. The van der Waals surface area contributed by atoms with Gasteiger partial charge in [-0.3, -0.25) is 13.9 Å². The Labute approximate surface area is 172 Å². The summed E-state index contributed by atoms with van der Waals surface area (Å²) in [5.41, 5.74) is -0.00396. The number of benzene rings is 2. The third kappa shape index (κ3) is 4.06. The van der Waals surface area contributed by atoms with E-state index in [4.69, 9.17) is 5.11 Å². The molecule has 9 nitrogen and oxygen atoms in total. The molecule has 0 amide bonds. The number of aromatic nitrogens is 4. The zero-order chi connectivity index (χ0) is 22.9. The average Bonchev–Trinajstić information content (AvgIpc) is 3.22. The lowest BCUT2D eigenvalue weighted by Crippen LogP contribution is -2.36. The van der Waals surface area contributed by atoms with E-state index in [0.717, 1.165) is 22.8 Å². The molecule has 11 heteroatoms. The summed E-state index contributed by atoms with van der Waals surface area (Å²) in [6, 6.07) is 6.64. The minimum Gasteiger partial charge on any atom is -0.507 e. The van der Waals surface area contributed by atoms with Gasteiger partial charge in [0.1, 0.15) is 28.5 Å². The van der Waals surface area contributed by atoms with Crippen molar-refractivity contribution in [3.8, 4) is 16.9 Å². The van der Waals surface area contributed by atoms with Crippen molar-refractivity contribution in [2.45, 2.75) is 0 Å². The number of H-pyrrole nitrogens is 1. The number of hydrogen-bond acceptors (Lipinski definition) is 5. The smallest absolute Gasteiger partial charge is 0.339 e. The lowest BCUT2D eigenvalue weighted by Gasteiger charge is -2.06. The van der Waals surface area contributed by atoms with Gasteiger partial charge >= 0.3 is 11.7 Å². The van der Waals surface area contributed by atoms with Crippen molar-refractivity contribution in [2.75, 3.05) is 0 Å². The second-order valence-corrected chi connectivity index (χ2v) is 6.47. The minimum atomic E-state index is -1.32. The highest BCUT2D eigenvalue weighted by atomic mass is 19.1. The van der Waals surface area contributed by atoms with Gasteiger partial charge in [0.15, 0.2) is 5.65 Å². The van der Waals surface area contributed by atoms with Gasteiger partial charge < -0.3 is 15.2 Å². The molecular weight excluding hydrogens is 414 g/mol. The summed E-state index contributed by atoms with van der Waals surface area (Å²) in [6.07, 6.45) is 1.39. The predicted molar refractivity (Wildman–Crippen MR) is 107 cm³/mol. The van der Waals surface area contributed by atoms with Crippen LogP contribution in [-0.4, -0.2) is 35.3 Å². The van der Waals surface area contributed by atoms with Crippen LogP contribution in [0.1, 0.15) is 10.4 Å². The van der Waals surface area contributed by atoms with E-state index in [0.29, 0.717) is 17.2 Å². The summed E-state index contributed by atoms with van der Waals surface area (Å²) in [4.78, 5) is 40.2. The maximum Gasteiger partial charge on any atom is 0.339 e. The van der Waals surface area contributed by atoms with E-state index in [2.05, 4.69) is 9.97 Å². The fourth-order valence-corrected chi connectivity index (χ4v) is 2.87. The van der Waals surface area contributed by atoms with Crippen molar-refractivity contribution in [1.29, 1.82) is 0 Å². The first-order valence-electron chi connectivity index (χ1n) is 8.72. The van der Waals surface area contributed by atoms with Crippen LogP contribution in [0.4, 0.5) is 8.78 Å². The third-order valence-electron chi connectivity index (χ3n) is 4.50. The van der Waals surface area contributed by atoms with Crippen molar-refractivity contribution < 1.29 is 23.8 Å². The van der Waals surface area contributed by atoms with E-state index >= 15 is 0 Å². The number of carboxylic acid groups (broad SMARTS) is 1. The van der Waals surface area contributed by atoms with Gasteiger partial charge in [-0.2, -0.15) is 0 Å². The molecular formula is C20H16F2N4O5. The summed E-state index contributed by atoms with van der Waals surface area (Å²) in [5, 5.41) is 18.2. The lowest BCUT2D eigenvalue weighted by molar-refractivity contribution is 0.0693. The molecule has 160 valence electrons. The summed E-state index contributed by atoms with van der Waals surface area (Å²) in [6.45, 7) is 0. The number of imidazole rings is 1. The number of fused-ring (bicyclic) bond motifs is 1.